The Hall–Kier alpha value is -2.91. The van der Waals surface area contributed by atoms with E-state index >= 15 is 0 Å². The number of aliphatic imine (C=N–C) groups is 1. The van der Waals surface area contributed by atoms with Crippen LogP contribution in [-0.4, -0.2) is 32.3 Å². The summed E-state index contributed by atoms with van der Waals surface area (Å²) in [7, 11) is -3.71. The maximum absolute atomic E-state index is 13.1. The zero-order valence-corrected chi connectivity index (χ0v) is 16.9. The number of anilines is 1. The Morgan fingerprint density at radius 1 is 1.17 bits per heavy atom. The maximum Gasteiger partial charge on any atom is 0.261 e. The Bertz CT molecular complexity index is 1080. The molecular formula is C20H21FN4O3S. The van der Waals surface area contributed by atoms with Gasteiger partial charge in [0.05, 0.1) is 16.3 Å². The smallest absolute Gasteiger partial charge is 0.261 e. The Labute approximate surface area is 168 Å². The normalized spacial score (nSPS) is 17.6. The minimum absolute atomic E-state index is 0.0604. The fourth-order valence-electron chi connectivity index (χ4n) is 3.11. The van der Waals surface area contributed by atoms with Crippen LogP contribution >= 0.6 is 0 Å². The molecule has 0 spiro atoms. The van der Waals surface area contributed by atoms with Crippen molar-refractivity contribution in [1.82, 2.24) is 0 Å². The number of nitrogens with zero attached hydrogens (tertiary/aromatic N) is 3. The number of halogens is 1. The molecule has 3 rings (SSSR count). The lowest BCUT2D eigenvalue weighted by Crippen LogP contribution is -2.31. The van der Waals surface area contributed by atoms with Crippen LogP contribution in [0.3, 0.4) is 0 Å². The molecule has 2 N–H and O–H groups in total. The van der Waals surface area contributed by atoms with Gasteiger partial charge in [-0.1, -0.05) is 12.1 Å². The average molecular weight is 416 g/mol. The molecule has 7 nitrogen and oxygen atoms in total. The van der Waals surface area contributed by atoms with Gasteiger partial charge in [-0.25, -0.2) is 17.9 Å². The van der Waals surface area contributed by atoms with Crippen LogP contribution < -0.4 is 10.1 Å². The molecule has 0 radical (unpaired) electrons. The van der Waals surface area contributed by atoms with Crippen molar-refractivity contribution in [2.45, 2.75) is 25.2 Å². The van der Waals surface area contributed by atoms with Gasteiger partial charge in [-0.05, 0) is 62.2 Å². The predicted octanol–water partition coefficient (Wildman–Crippen LogP) is 2.52. The van der Waals surface area contributed by atoms with Gasteiger partial charge in [0.15, 0.2) is 0 Å². The molecule has 0 bridgehead atoms. The number of nitrogens with two attached hydrogens (primary N) is 1. The molecule has 0 unspecified atom stereocenters. The minimum atomic E-state index is -3.71. The van der Waals surface area contributed by atoms with E-state index < -0.39 is 15.9 Å². The van der Waals surface area contributed by atoms with E-state index in [0.717, 1.165) is 5.56 Å². The van der Waals surface area contributed by atoms with Crippen molar-refractivity contribution in [1.29, 1.82) is 0 Å². The van der Waals surface area contributed by atoms with Gasteiger partial charge in [-0.15, -0.1) is 0 Å². The van der Waals surface area contributed by atoms with E-state index in [1.807, 2.05) is 0 Å². The molecule has 1 aliphatic heterocycles. The summed E-state index contributed by atoms with van der Waals surface area (Å²) in [5.41, 5.74) is 2.67. The predicted molar refractivity (Wildman–Crippen MR) is 110 cm³/mol. The van der Waals surface area contributed by atoms with Crippen LogP contribution in [0.25, 0.3) is 0 Å². The molecule has 0 aromatic heterocycles. The third-order valence-corrected chi connectivity index (χ3v) is 5.56. The summed E-state index contributed by atoms with van der Waals surface area (Å²) in [5, 5.41) is 10.7. The lowest BCUT2D eigenvalue weighted by atomic mass is 9.99. The summed E-state index contributed by atoms with van der Waals surface area (Å²) in [6.07, 6.45) is 0.584. The van der Waals surface area contributed by atoms with Gasteiger partial charge < -0.3 is 0 Å². The molecule has 1 amide bonds. The molecule has 0 saturated heterocycles. The number of carbonyl (C=O) groups is 1. The van der Waals surface area contributed by atoms with Gasteiger partial charge in [0.25, 0.3) is 5.91 Å². The van der Waals surface area contributed by atoms with Crippen LogP contribution in [0.15, 0.2) is 63.5 Å². The van der Waals surface area contributed by atoms with E-state index in [1.165, 1.54) is 41.4 Å². The Kier molecular flexibility index (Phi) is 5.90. The quantitative estimate of drug-likeness (QED) is 0.732. The third-order valence-electron chi connectivity index (χ3n) is 4.63. The second-order valence-corrected chi connectivity index (χ2v) is 8.32. The van der Waals surface area contributed by atoms with Crippen LogP contribution in [-0.2, 0) is 21.2 Å². The summed E-state index contributed by atoms with van der Waals surface area (Å²) >= 11 is 0. The highest BCUT2D eigenvalue weighted by Crippen LogP contribution is 2.25. The SMILES string of the molecule is CC(=NCCc1ccc(S(N)(=O)=O)cc1)[C@@H]1C(=O)N(c2ccc(F)cc2)N=C1C. The van der Waals surface area contributed by atoms with Crippen LogP contribution in [0.1, 0.15) is 19.4 Å². The number of hydrogen-bond donors (Lipinski definition) is 1. The molecule has 0 aliphatic carbocycles. The molecular weight excluding hydrogens is 395 g/mol. The standard InChI is InChI=1S/C20H21FN4O3S/c1-13(23-12-11-15-3-9-18(10-4-15)29(22,27)28)19-14(2)24-25(20(19)26)17-7-5-16(21)6-8-17/h3-10,19H,11-12H2,1-2H3,(H2,22,27,28)/t19-/m0/s1. The molecule has 1 atom stereocenters. The monoisotopic (exact) mass is 416 g/mol. The van der Waals surface area contributed by atoms with Gasteiger partial charge in [0.2, 0.25) is 10.0 Å². The lowest BCUT2D eigenvalue weighted by Gasteiger charge is -2.14. The molecule has 0 fully saturated rings. The number of sulfonamides is 1. The van der Waals surface area contributed by atoms with Gasteiger partial charge in [0, 0.05) is 12.3 Å². The largest absolute Gasteiger partial charge is 0.293 e. The Morgan fingerprint density at radius 2 is 1.79 bits per heavy atom. The highest BCUT2D eigenvalue weighted by molar-refractivity contribution is 7.89. The van der Waals surface area contributed by atoms with E-state index in [0.29, 0.717) is 30.1 Å². The first-order valence-corrected chi connectivity index (χ1v) is 10.5. The van der Waals surface area contributed by atoms with E-state index in [4.69, 9.17) is 5.14 Å². The Balaban J connectivity index is 1.66. The second kappa shape index (κ2) is 8.22. The van der Waals surface area contributed by atoms with Crippen LogP contribution in [0.2, 0.25) is 0 Å². The minimum Gasteiger partial charge on any atom is -0.293 e. The zero-order valence-electron chi connectivity index (χ0n) is 16.0. The number of carbonyl (C=O) groups excluding carboxylic acids is 1. The molecule has 1 aliphatic rings. The van der Waals surface area contributed by atoms with E-state index in [1.54, 1.807) is 26.0 Å². The molecule has 0 saturated carbocycles. The number of amides is 1. The van der Waals surface area contributed by atoms with E-state index in [-0.39, 0.29) is 16.6 Å². The van der Waals surface area contributed by atoms with Crippen molar-refractivity contribution < 1.29 is 17.6 Å². The Morgan fingerprint density at radius 3 is 2.38 bits per heavy atom. The summed E-state index contributed by atoms with van der Waals surface area (Å²) in [4.78, 5) is 17.3. The van der Waals surface area contributed by atoms with Crippen LogP contribution in [0.4, 0.5) is 10.1 Å². The average Bonchev–Trinajstić information content (AvgIpc) is 2.96. The van der Waals surface area contributed by atoms with E-state index in [9.17, 15) is 17.6 Å². The molecule has 2 aromatic carbocycles. The van der Waals surface area contributed by atoms with Crippen molar-refractivity contribution in [2.75, 3.05) is 11.6 Å². The molecule has 1 heterocycles. The second-order valence-electron chi connectivity index (χ2n) is 6.76. The lowest BCUT2D eigenvalue weighted by molar-refractivity contribution is -0.118. The van der Waals surface area contributed by atoms with Crippen molar-refractivity contribution in [2.24, 2.45) is 21.2 Å². The topological polar surface area (TPSA) is 105 Å². The molecule has 9 heteroatoms. The fourth-order valence-corrected chi connectivity index (χ4v) is 3.63. The molecule has 29 heavy (non-hydrogen) atoms. The molecule has 152 valence electrons. The van der Waals surface area contributed by atoms with Crippen molar-refractivity contribution in [3.63, 3.8) is 0 Å². The maximum atomic E-state index is 13.1. The van der Waals surface area contributed by atoms with Gasteiger partial charge in [-0.3, -0.25) is 9.79 Å². The summed E-state index contributed by atoms with van der Waals surface area (Å²) in [6, 6.07) is 11.9. The fraction of sp³-hybridized carbons (Fsp3) is 0.250. The van der Waals surface area contributed by atoms with Gasteiger partial charge >= 0.3 is 0 Å². The van der Waals surface area contributed by atoms with Crippen LogP contribution in [0.5, 0.6) is 0 Å². The number of primary sulfonamides is 1. The summed E-state index contributed by atoms with van der Waals surface area (Å²) in [5.74, 6) is -1.16. The third kappa shape index (κ3) is 4.75. The number of hydrogen-bond acceptors (Lipinski definition) is 5. The highest BCUT2D eigenvalue weighted by atomic mass is 32.2. The first kappa shape index (κ1) is 20.8. The number of benzene rings is 2. The van der Waals surface area contributed by atoms with Gasteiger partial charge in [0.1, 0.15) is 11.7 Å². The van der Waals surface area contributed by atoms with Gasteiger partial charge in [-0.2, -0.15) is 10.1 Å². The van der Waals surface area contributed by atoms with E-state index in [2.05, 4.69) is 10.1 Å². The summed E-state index contributed by atoms with van der Waals surface area (Å²) in [6.45, 7) is 3.98. The first-order valence-electron chi connectivity index (χ1n) is 8.94. The van der Waals surface area contributed by atoms with Crippen molar-refractivity contribution in [3.8, 4) is 0 Å². The highest BCUT2D eigenvalue weighted by Gasteiger charge is 2.36. The van der Waals surface area contributed by atoms with Crippen LogP contribution in [0, 0.1) is 11.7 Å². The molecule has 2 aromatic rings. The number of hydrazone groups is 1. The number of rotatable bonds is 6. The summed E-state index contributed by atoms with van der Waals surface area (Å²) < 4.78 is 35.7. The van der Waals surface area contributed by atoms with Crippen molar-refractivity contribution >= 4 is 33.0 Å². The first-order chi connectivity index (χ1) is 13.7. The van der Waals surface area contributed by atoms with Crippen molar-refractivity contribution in [3.05, 3.63) is 59.9 Å². The zero-order chi connectivity index (χ0) is 21.2.